The van der Waals surface area contributed by atoms with Crippen LogP contribution in [0.3, 0.4) is 0 Å². The lowest BCUT2D eigenvalue weighted by molar-refractivity contribution is 0.403. The molecule has 1 aromatic carbocycles. The van der Waals surface area contributed by atoms with Gasteiger partial charge in [0, 0.05) is 6.54 Å². The minimum absolute atomic E-state index is 0.0688. The highest BCUT2D eigenvalue weighted by Crippen LogP contribution is 2.26. The lowest BCUT2D eigenvalue weighted by Crippen LogP contribution is -2.32. The molecule has 0 radical (unpaired) electrons. The quantitative estimate of drug-likeness (QED) is 0.811. The SMILES string of the molecule is CN(C)CCCN(c1ccc(C(C)(C)C)cc1)S(C)(=O)=O. The third-order valence-corrected chi connectivity index (χ3v) is 4.58. The van der Waals surface area contributed by atoms with Crippen molar-refractivity contribution in [1.29, 1.82) is 0 Å². The Morgan fingerprint density at radius 3 is 1.90 bits per heavy atom. The highest BCUT2D eigenvalue weighted by Gasteiger charge is 2.19. The zero-order chi connectivity index (χ0) is 16.3. The van der Waals surface area contributed by atoms with E-state index in [4.69, 9.17) is 0 Å². The normalized spacial score (nSPS) is 12.7. The van der Waals surface area contributed by atoms with Crippen molar-refractivity contribution in [3.05, 3.63) is 29.8 Å². The van der Waals surface area contributed by atoms with Crippen LogP contribution < -0.4 is 4.31 Å². The molecule has 1 rings (SSSR count). The summed E-state index contributed by atoms with van der Waals surface area (Å²) >= 11 is 0. The zero-order valence-corrected chi connectivity index (χ0v) is 14.9. The molecule has 0 heterocycles. The Balaban J connectivity index is 2.94. The first kappa shape index (κ1) is 18.0. The first-order valence-corrected chi connectivity index (χ1v) is 9.09. The first-order chi connectivity index (χ1) is 9.51. The van der Waals surface area contributed by atoms with Crippen LogP contribution in [0, 0.1) is 0 Å². The van der Waals surface area contributed by atoms with Crippen molar-refractivity contribution < 1.29 is 8.42 Å². The summed E-state index contributed by atoms with van der Waals surface area (Å²) in [5.74, 6) is 0. The van der Waals surface area contributed by atoms with E-state index in [9.17, 15) is 8.42 Å². The number of nitrogens with zero attached hydrogens (tertiary/aromatic N) is 2. The van der Waals surface area contributed by atoms with Crippen molar-refractivity contribution >= 4 is 15.7 Å². The highest BCUT2D eigenvalue weighted by molar-refractivity contribution is 7.92. The third-order valence-electron chi connectivity index (χ3n) is 3.39. The molecule has 0 aliphatic carbocycles. The molecule has 0 fully saturated rings. The minimum atomic E-state index is -3.25. The Kier molecular flexibility index (Phi) is 5.82. The fraction of sp³-hybridized carbons (Fsp3) is 0.625. The molecule has 0 saturated heterocycles. The number of sulfonamides is 1. The fourth-order valence-corrected chi connectivity index (χ4v) is 3.11. The summed E-state index contributed by atoms with van der Waals surface area (Å²) in [5.41, 5.74) is 2.01. The van der Waals surface area contributed by atoms with Gasteiger partial charge in [-0.15, -0.1) is 0 Å². The molecule has 0 spiro atoms. The second kappa shape index (κ2) is 6.79. The van der Waals surface area contributed by atoms with Crippen LogP contribution in [0.25, 0.3) is 0 Å². The van der Waals surface area contributed by atoms with E-state index in [1.807, 2.05) is 38.4 Å². The number of rotatable bonds is 6. The van der Waals surface area contributed by atoms with Crippen molar-refractivity contribution in [3.8, 4) is 0 Å². The molecule has 0 amide bonds. The number of benzene rings is 1. The van der Waals surface area contributed by atoms with Crippen molar-refractivity contribution in [3.63, 3.8) is 0 Å². The van der Waals surface area contributed by atoms with Gasteiger partial charge >= 0.3 is 0 Å². The second-order valence-corrected chi connectivity index (χ2v) is 8.70. The van der Waals surface area contributed by atoms with Crippen molar-refractivity contribution in [2.45, 2.75) is 32.6 Å². The van der Waals surface area contributed by atoms with Crippen LogP contribution in [0.5, 0.6) is 0 Å². The standard InChI is InChI=1S/C16H28N2O2S/c1-16(2,3)14-8-10-15(11-9-14)18(21(6,19)20)13-7-12-17(4)5/h8-11H,7,12-13H2,1-6H3. The van der Waals surface area contributed by atoms with E-state index in [-0.39, 0.29) is 5.41 Å². The summed E-state index contributed by atoms with van der Waals surface area (Å²) in [7, 11) is 0.729. The fourth-order valence-electron chi connectivity index (χ4n) is 2.14. The van der Waals surface area contributed by atoms with Gasteiger partial charge in [0.05, 0.1) is 11.9 Å². The molecule has 4 nitrogen and oxygen atoms in total. The Hall–Kier alpha value is -1.07. The maximum atomic E-state index is 12.0. The minimum Gasteiger partial charge on any atom is -0.309 e. The maximum absolute atomic E-state index is 12.0. The largest absolute Gasteiger partial charge is 0.309 e. The van der Waals surface area contributed by atoms with Gasteiger partial charge in [0.25, 0.3) is 0 Å². The lowest BCUT2D eigenvalue weighted by atomic mass is 9.87. The number of anilines is 1. The van der Waals surface area contributed by atoms with Crippen LogP contribution in [0.4, 0.5) is 5.69 Å². The van der Waals surface area contributed by atoms with E-state index in [0.717, 1.165) is 18.7 Å². The van der Waals surface area contributed by atoms with E-state index >= 15 is 0 Å². The zero-order valence-electron chi connectivity index (χ0n) is 14.0. The number of hydrogen-bond donors (Lipinski definition) is 0. The van der Waals surface area contributed by atoms with E-state index < -0.39 is 10.0 Å². The Morgan fingerprint density at radius 1 is 1.00 bits per heavy atom. The average molecular weight is 312 g/mol. The summed E-state index contributed by atoms with van der Waals surface area (Å²) in [6.45, 7) is 7.81. The van der Waals surface area contributed by atoms with Gasteiger partial charge in [0.1, 0.15) is 0 Å². The Bertz CT molecular complexity index is 543. The lowest BCUT2D eigenvalue weighted by Gasteiger charge is -2.25. The van der Waals surface area contributed by atoms with Gasteiger partial charge in [0.2, 0.25) is 10.0 Å². The molecule has 0 unspecified atom stereocenters. The van der Waals surface area contributed by atoms with Gasteiger partial charge in [-0.05, 0) is 50.2 Å². The molecule has 1 aromatic rings. The molecule has 0 N–H and O–H groups in total. The van der Waals surface area contributed by atoms with Gasteiger partial charge < -0.3 is 4.90 Å². The highest BCUT2D eigenvalue weighted by atomic mass is 32.2. The van der Waals surface area contributed by atoms with Crippen molar-refractivity contribution in [2.75, 3.05) is 37.7 Å². The van der Waals surface area contributed by atoms with E-state index in [2.05, 4.69) is 25.7 Å². The number of hydrogen-bond acceptors (Lipinski definition) is 3. The van der Waals surface area contributed by atoms with Crippen LogP contribution in [-0.4, -0.2) is 46.8 Å². The molecule has 5 heteroatoms. The molecule has 120 valence electrons. The van der Waals surface area contributed by atoms with Gasteiger partial charge in [-0.3, -0.25) is 4.31 Å². The van der Waals surface area contributed by atoms with Crippen molar-refractivity contribution in [1.82, 2.24) is 4.90 Å². The van der Waals surface area contributed by atoms with E-state index in [1.165, 1.54) is 16.1 Å². The predicted octanol–water partition coefficient (Wildman–Crippen LogP) is 2.70. The first-order valence-electron chi connectivity index (χ1n) is 7.25. The van der Waals surface area contributed by atoms with Gasteiger partial charge in [0.15, 0.2) is 0 Å². The molecular formula is C16H28N2O2S. The third kappa shape index (κ3) is 5.67. The van der Waals surface area contributed by atoms with Crippen LogP contribution in [0.1, 0.15) is 32.8 Å². The molecule has 0 saturated carbocycles. The smallest absolute Gasteiger partial charge is 0.232 e. The molecule has 0 atom stereocenters. The van der Waals surface area contributed by atoms with Crippen LogP contribution >= 0.6 is 0 Å². The van der Waals surface area contributed by atoms with Gasteiger partial charge in [-0.2, -0.15) is 0 Å². The van der Waals surface area contributed by atoms with Crippen LogP contribution in [0.2, 0.25) is 0 Å². The monoisotopic (exact) mass is 312 g/mol. The van der Waals surface area contributed by atoms with E-state index in [1.54, 1.807) is 0 Å². The Labute approximate surface area is 129 Å². The second-order valence-electron chi connectivity index (χ2n) is 6.79. The van der Waals surface area contributed by atoms with E-state index in [0.29, 0.717) is 6.54 Å². The molecular weight excluding hydrogens is 284 g/mol. The molecule has 0 aromatic heterocycles. The summed E-state index contributed by atoms with van der Waals surface area (Å²) in [6, 6.07) is 7.83. The molecule has 0 bridgehead atoms. The predicted molar refractivity (Wildman–Crippen MR) is 90.5 cm³/mol. The van der Waals surface area contributed by atoms with Crippen LogP contribution in [0.15, 0.2) is 24.3 Å². The summed E-state index contributed by atoms with van der Waals surface area (Å²) < 4.78 is 25.5. The summed E-state index contributed by atoms with van der Waals surface area (Å²) in [5, 5.41) is 0. The maximum Gasteiger partial charge on any atom is 0.232 e. The molecule has 0 aliphatic heterocycles. The Morgan fingerprint density at radius 2 is 1.52 bits per heavy atom. The summed E-state index contributed by atoms with van der Waals surface area (Å²) in [4.78, 5) is 2.06. The van der Waals surface area contributed by atoms with Gasteiger partial charge in [-0.1, -0.05) is 32.9 Å². The van der Waals surface area contributed by atoms with Gasteiger partial charge in [-0.25, -0.2) is 8.42 Å². The molecule has 0 aliphatic rings. The topological polar surface area (TPSA) is 40.6 Å². The molecule has 21 heavy (non-hydrogen) atoms. The summed E-state index contributed by atoms with van der Waals surface area (Å²) in [6.07, 6.45) is 2.07. The average Bonchev–Trinajstić information content (AvgIpc) is 2.32. The van der Waals surface area contributed by atoms with Crippen LogP contribution in [-0.2, 0) is 15.4 Å². The van der Waals surface area contributed by atoms with Crippen molar-refractivity contribution in [2.24, 2.45) is 0 Å².